The second kappa shape index (κ2) is 10.6. The van der Waals surface area contributed by atoms with Gasteiger partial charge < -0.3 is 25.1 Å². The highest BCUT2D eigenvalue weighted by molar-refractivity contribution is 5.76. The fourth-order valence-corrected chi connectivity index (χ4v) is 2.93. The van der Waals surface area contributed by atoms with Crippen LogP contribution in [0.25, 0.3) is 0 Å². The fraction of sp³-hybridized carbons (Fsp3) is 0.208. The van der Waals surface area contributed by atoms with Crippen molar-refractivity contribution in [2.24, 2.45) is 5.73 Å². The average molecular weight is 425 g/mol. The zero-order valence-electron chi connectivity index (χ0n) is 17.0. The number of carbonyl (C=O) groups excluding carboxylic acids is 1. The molecule has 0 aliphatic carbocycles. The highest BCUT2D eigenvalue weighted by atomic mass is 19.1. The predicted octanol–water partition coefficient (Wildman–Crippen LogP) is 3.52. The minimum absolute atomic E-state index is 0.167. The van der Waals surface area contributed by atoms with Crippen LogP contribution in [0.4, 0.5) is 4.39 Å². The number of hydrogen-bond acceptors (Lipinski definition) is 6. The average Bonchev–Trinajstić information content (AvgIpc) is 2.81. The lowest BCUT2D eigenvalue weighted by Gasteiger charge is -2.20. The van der Waals surface area contributed by atoms with Crippen LogP contribution in [0.2, 0.25) is 0 Å². The number of nitrogens with two attached hydrogens (primary N) is 1. The topological polar surface area (TPSA) is 91.0 Å². The first kappa shape index (κ1) is 22.3. The fourth-order valence-electron chi connectivity index (χ4n) is 2.93. The molecule has 0 aromatic heterocycles. The number of aliphatic hydroxyl groups is 1. The van der Waals surface area contributed by atoms with Crippen LogP contribution in [-0.2, 0) is 22.7 Å². The molecule has 3 aromatic carbocycles. The largest absolute Gasteiger partial charge is 0.485 e. The monoisotopic (exact) mass is 425 g/mol. The van der Waals surface area contributed by atoms with Gasteiger partial charge in [0.1, 0.15) is 31.2 Å². The van der Waals surface area contributed by atoms with Crippen LogP contribution in [0.1, 0.15) is 22.8 Å². The van der Waals surface area contributed by atoms with Crippen molar-refractivity contribution in [1.82, 2.24) is 0 Å². The molecule has 162 valence electrons. The van der Waals surface area contributed by atoms with E-state index in [0.717, 1.165) is 24.3 Å². The summed E-state index contributed by atoms with van der Waals surface area (Å²) in [7, 11) is 1.14. The Hall–Kier alpha value is -3.42. The summed E-state index contributed by atoms with van der Waals surface area (Å²) in [5.41, 5.74) is 7.30. The Morgan fingerprint density at radius 1 is 0.935 bits per heavy atom. The van der Waals surface area contributed by atoms with Crippen LogP contribution in [0.15, 0.2) is 72.8 Å². The normalized spacial score (nSPS) is 12.6. The number of halogens is 1. The van der Waals surface area contributed by atoms with Gasteiger partial charge in [0.25, 0.3) is 0 Å². The number of benzene rings is 3. The summed E-state index contributed by atoms with van der Waals surface area (Å²) in [6.45, 7) is 0.401. The van der Waals surface area contributed by atoms with Gasteiger partial charge in [-0.05, 0) is 17.2 Å². The molecular weight excluding hydrogens is 401 g/mol. The molecule has 6 nitrogen and oxygen atoms in total. The molecule has 0 saturated carbocycles. The Bertz CT molecular complexity index is 998. The highest BCUT2D eigenvalue weighted by Crippen LogP contribution is 2.35. The Morgan fingerprint density at radius 3 is 1.90 bits per heavy atom. The van der Waals surface area contributed by atoms with E-state index >= 15 is 0 Å². The predicted molar refractivity (Wildman–Crippen MR) is 113 cm³/mol. The Labute approximate surface area is 180 Å². The smallest absolute Gasteiger partial charge is 0.325 e. The van der Waals surface area contributed by atoms with Crippen molar-refractivity contribution in [2.45, 2.75) is 25.4 Å². The second-order valence-corrected chi connectivity index (χ2v) is 6.86. The van der Waals surface area contributed by atoms with Gasteiger partial charge in [0.05, 0.1) is 7.11 Å². The van der Waals surface area contributed by atoms with Gasteiger partial charge in [0, 0.05) is 11.6 Å². The molecule has 3 rings (SSSR count). The number of hydrogen-bond donors (Lipinski definition) is 2. The third-order valence-electron chi connectivity index (χ3n) is 4.67. The number of methoxy groups -OCH3 is 1. The molecule has 0 fully saturated rings. The van der Waals surface area contributed by atoms with Crippen molar-refractivity contribution in [3.8, 4) is 11.5 Å². The summed E-state index contributed by atoms with van der Waals surface area (Å²) >= 11 is 0. The van der Waals surface area contributed by atoms with E-state index < -0.39 is 23.9 Å². The molecule has 0 amide bonds. The molecule has 0 aliphatic rings. The summed E-state index contributed by atoms with van der Waals surface area (Å²) < 4.78 is 31.0. The lowest BCUT2D eigenvalue weighted by molar-refractivity contribution is -0.145. The molecule has 3 N–H and O–H groups in total. The van der Waals surface area contributed by atoms with Crippen molar-refractivity contribution in [3.63, 3.8) is 0 Å². The van der Waals surface area contributed by atoms with E-state index in [4.69, 9.17) is 15.2 Å². The lowest BCUT2D eigenvalue weighted by Crippen LogP contribution is -2.38. The van der Waals surface area contributed by atoms with Gasteiger partial charge in [-0.15, -0.1) is 0 Å². The summed E-state index contributed by atoms with van der Waals surface area (Å²) in [6.07, 6.45) is -1.62. The Kier molecular flexibility index (Phi) is 7.59. The van der Waals surface area contributed by atoms with Crippen LogP contribution in [0.3, 0.4) is 0 Å². The first-order valence-corrected chi connectivity index (χ1v) is 9.68. The van der Waals surface area contributed by atoms with E-state index in [1.165, 1.54) is 6.07 Å². The van der Waals surface area contributed by atoms with Crippen LogP contribution in [0, 0.1) is 5.82 Å². The highest BCUT2D eigenvalue weighted by Gasteiger charge is 2.28. The van der Waals surface area contributed by atoms with Crippen molar-refractivity contribution < 1.29 is 28.5 Å². The van der Waals surface area contributed by atoms with E-state index in [9.17, 15) is 14.3 Å². The second-order valence-electron chi connectivity index (χ2n) is 6.86. The number of esters is 1. The van der Waals surface area contributed by atoms with Gasteiger partial charge in [0.2, 0.25) is 0 Å². The van der Waals surface area contributed by atoms with Gasteiger partial charge in [-0.3, -0.25) is 4.79 Å². The maximum atomic E-state index is 14.8. The van der Waals surface area contributed by atoms with E-state index in [2.05, 4.69) is 4.74 Å². The minimum Gasteiger partial charge on any atom is -0.485 e. The Balaban J connectivity index is 1.88. The molecule has 0 heterocycles. The maximum absolute atomic E-state index is 14.8. The Morgan fingerprint density at radius 2 is 1.42 bits per heavy atom. The number of carbonyl (C=O) groups is 1. The van der Waals surface area contributed by atoms with Crippen molar-refractivity contribution in [2.75, 3.05) is 7.11 Å². The molecule has 0 saturated heterocycles. The molecule has 2 atom stereocenters. The SMILES string of the molecule is COC(=O)[C@@H](N)[C@H](O)c1cc(OCc2ccccc2)c(OCc2ccccc2)cc1F. The van der Waals surface area contributed by atoms with Gasteiger partial charge in [-0.1, -0.05) is 60.7 Å². The lowest BCUT2D eigenvalue weighted by atomic mass is 10.0. The third-order valence-corrected chi connectivity index (χ3v) is 4.67. The van der Waals surface area contributed by atoms with E-state index in [1.54, 1.807) is 0 Å². The summed E-state index contributed by atoms with van der Waals surface area (Å²) in [5.74, 6) is -1.25. The number of aliphatic hydroxyl groups excluding tert-OH is 1. The standard InChI is InChI=1S/C24H24FNO5/c1-29-24(28)22(26)23(27)18-12-20(30-14-16-8-4-2-5-9-16)21(13-19(18)25)31-15-17-10-6-3-7-11-17/h2-13,22-23,27H,14-15,26H2,1H3/t22-,23+/m0/s1. The zero-order valence-corrected chi connectivity index (χ0v) is 17.0. The molecule has 0 radical (unpaired) electrons. The van der Waals surface area contributed by atoms with Crippen molar-refractivity contribution >= 4 is 5.97 Å². The third kappa shape index (κ3) is 5.81. The van der Waals surface area contributed by atoms with Gasteiger partial charge >= 0.3 is 5.97 Å². The number of rotatable bonds is 9. The van der Waals surface area contributed by atoms with Crippen LogP contribution >= 0.6 is 0 Å². The summed E-state index contributed by atoms with van der Waals surface area (Å²) in [6, 6.07) is 19.8. The molecule has 7 heteroatoms. The first-order chi connectivity index (χ1) is 15.0. The quantitative estimate of drug-likeness (QED) is 0.510. The van der Waals surface area contributed by atoms with Gasteiger partial charge in [-0.2, -0.15) is 0 Å². The van der Waals surface area contributed by atoms with Gasteiger partial charge in [-0.25, -0.2) is 4.39 Å². The van der Waals surface area contributed by atoms with E-state index in [-0.39, 0.29) is 30.3 Å². The molecular formula is C24H24FNO5. The maximum Gasteiger partial charge on any atom is 0.325 e. The molecule has 0 aliphatic heterocycles. The number of ether oxygens (including phenoxy) is 3. The van der Waals surface area contributed by atoms with Crippen LogP contribution in [-0.4, -0.2) is 24.2 Å². The molecule has 0 spiro atoms. The first-order valence-electron chi connectivity index (χ1n) is 9.68. The van der Waals surface area contributed by atoms with E-state index in [1.807, 2.05) is 60.7 Å². The molecule has 3 aromatic rings. The zero-order chi connectivity index (χ0) is 22.2. The van der Waals surface area contributed by atoms with Gasteiger partial charge in [0.15, 0.2) is 11.5 Å². The minimum atomic E-state index is -1.62. The van der Waals surface area contributed by atoms with Crippen molar-refractivity contribution in [1.29, 1.82) is 0 Å². The van der Waals surface area contributed by atoms with Crippen molar-refractivity contribution in [3.05, 3.63) is 95.3 Å². The summed E-state index contributed by atoms with van der Waals surface area (Å²) in [4.78, 5) is 11.7. The van der Waals surface area contributed by atoms with E-state index in [0.29, 0.717) is 0 Å². The summed E-state index contributed by atoms with van der Waals surface area (Å²) in [5, 5.41) is 10.4. The molecule has 0 unspecified atom stereocenters. The van der Waals surface area contributed by atoms with Crippen LogP contribution < -0.4 is 15.2 Å². The molecule has 0 bridgehead atoms. The molecule has 31 heavy (non-hydrogen) atoms. The van der Waals surface area contributed by atoms with Crippen LogP contribution in [0.5, 0.6) is 11.5 Å².